The van der Waals surface area contributed by atoms with Crippen LogP contribution in [0, 0.1) is 5.41 Å². The van der Waals surface area contributed by atoms with Crippen molar-refractivity contribution in [2.24, 2.45) is 0 Å². The van der Waals surface area contributed by atoms with Crippen molar-refractivity contribution >= 4 is 29.3 Å². The second-order valence-corrected chi connectivity index (χ2v) is 4.67. The van der Waals surface area contributed by atoms with E-state index in [0.29, 0.717) is 0 Å². The average Bonchev–Trinajstić information content (AvgIpc) is 2.92. The molecule has 0 aliphatic rings. The summed E-state index contributed by atoms with van der Waals surface area (Å²) in [6, 6.07) is 6.15. The molecule has 2 aromatic rings. The van der Waals surface area contributed by atoms with Crippen molar-refractivity contribution in [2.75, 3.05) is 0 Å². The van der Waals surface area contributed by atoms with Gasteiger partial charge in [-0.05, 0) is 37.5 Å². The lowest BCUT2D eigenvalue weighted by Crippen LogP contribution is -1.84. The van der Waals surface area contributed by atoms with Gasteiger partial charge in [-0.15, -0.1) is 0 Å². The molecule has 2 rings (SSSR count). The monoisotopic (exact) mass is 295 g/mol. The quantitative estimate of drug-likeness (QED) is 0.648. The predicted octanol–water partition coefficient (Wildman–Crippen LogP) is 6.27. The molecule has 22 heavy (non-hydrogen) atoms. The maximum atomic E-state index is 7.22. The molecular formula is C20H25NO. The largest absolute Gasteiger partial charge is 0.456 e. The Bertz CT molecular complexity index is 702. The molecule has 116 valence electrons. The lowest BCUT2D eigenvalue weighted by molar-refractivity contribution is 0.600. The van der Waals surface area contributed by atoms with Crippen LogP contribution >= 0.6 is 0 Å². The summed E-state index contributed by atoms with van der Waals surface area (Å²) in [6.07, 6.45) is 9.92. The van der Waals surface area contributed by atoms with E-state index in [-0.39, 0.29) is 0 Å². The molecule has 0 unspecified atom stereocenters. The molecule has 0 saturated heterocycles. The molecule has 1 N–H and O–H groups in total. The molecule has 2 nitrogen and oxygen atoms in total. The number of fused-ring (bicyclic) bond motifs is 1. The molecule has 2 heteroatoms. The first-order valence-corrected chi connectivity index (χ1v) is 7.68. The Morgan fingerprint density at radius 1 is 1.32 bits per heavy atom. The van der Waals surface area contributed by atoms with Crippen LogP contribution in [0.25, 0.3) is 23.1 Å². The molecule has 0 aliphatic carbocycles. The van der Waals surface area contributed by atoms with Gasteiger partial charge in [-0.2, -0.15) is 0 Å². The van der Waals surface area contributed by atoms with Crippen molar-refractivity contribution in [1.82, 2.24) is 0 Å². The van der Waals surface area contributed by atoms with E-state index < -0.39 is 0 Å². The minimum absolute atomic E-state index is 0.762. The summed E-state index contributed by atoms with van der Waals surface area (Å²) in [4.78, 5) is 0. The molecule has 0 spiro atoms. The molecule has 0 aliphatic heterocycles. The van der Waals surface area contributed by atoms with Crippen LogP contribution in [-0.2, 0) is 6.42 Å². The van der Waals surface area contributed by atoms with Crippen LogP contribution in [0.15, 0.2) is 46.9 Å². The zero-order valence-corrected chi connectivity index (χ0v) is 13.9. The van der Waals surface area contributed by atoms with Crippen molar-refractivity contribution in [3.63, 3.8) is 0 Å². The van der Waals surface area contributed by atoms with Crippen LogP contribution in [-0.4, -0.2) is 6.21 Å². The van der Waals surface area contributed by atoms with E-state index in [1.807, 2.05) is 58.1 Å². The number of hydrogen-bond acceptors (Lipinski definition) is 2. The molecule has 0 fully saturated rings. The number of furan rings is 1. The molecule has 0 saturated carbocycles. The van der Waals surface area contributed by atoms with Crippen molar-refractivity contribution < 1.29 is 4.42 Å². The lowest BCUT2D eigenvalue weighted by Gasteiger charge is -1.99. The molecule has 0 atom stereocenters. The normalized spacial score (nSPS) is 11.4. The van der Waals surface area contributed by atoms with Gasteiger partial charge in [0.25, 0.3) is 0 Å². The predicted molar refractivity (Wildman–Crippen MR) is 98.6 cm³/mol. The Kier molecular flexibility index (Phi) is 7.11. The standard InChI is InChI=1S/C18H19NO.C2H6/c1-4-7-17-15(5-2)16-9-6-8-14(18(16)20-17)11-10-13(3)12-19;1-2/h4-10,12,19H,2,11H2,1,3H3;1-2H3/b7-4-,13-10-,19-12?;. The Labute approximate surface area is 133 Å². The number of allylic oxidation sites excluding steroid dienone is 3. The fourth-order valence-corrected chi connectivity index (χ4v) is 2.19. The first-order valence-electron chi connectivity index (χ1n) is 7.68. The Hall–Kier alpha value is -2.35. The lowest BCUT2D eigenvalue weighted by atomic mass is 10.0. The van der Waals surface area contributed by atoms with Gasteiger partial charge in [-0.25, -0.2) is 0 Å². The van der Waals surface area contributed by atoms with Crippen molar-refractivity contribution in [2.45, 2.75) is 34.1 Å². The summed E-state index contributed by atoms with van der Waals surface area (Å²) < 4.78 is 5.98. The summed E-state index contributed by atoms with van der Waals surface area (Å²) in [5.41, 5.74) is 4.02. The molecule has 0 radical (unpaired) electrons. The summed E-state index contributed by atoms with van der Waals surface area (Å²) in [5, 5.41) is 8.31. The highest BCUT2D eigenvalue weighted by Crippen LogP contribution is 2.30. The zero-order valence-electron chi connectivity index (χ0n) is 13.9. The number of nitrogens with one attached hydrogen (secondary N) is 1. The van der Waals surface area contributed by atoms with Crippen molar-refractivity contribution in [3.05, 3.63) is 59.4 Å². The van der Waals surface area contributed by atoms with Gasteiger partial charge in [-0.1, -0.05) is 56.9 Å². The van der Waals surface area contributed by atoms with Gasteiger partial charge in [0, 0.05) is 17.2 Å². The molecule has 0 bridgehead atoms. The topological polar surface area (TPSA) is 37.0 Å². The number of benzene rings is 1. The third-order valence-electron chi connectivity index (χ3n) is 3.26. The van der Waals surface area contributed by atoms with Crippen LogP contribution < -0.4 is 0 Å². The maximum absolute atomic E-state index is 7.22. The van der Waals surface area contributed by atoms with E-state index in [1.54, 1.807) is 0 Å². The Morgan fingerprint density at radius 2 is 2.05 bits per heavy atom. The number of hydrogen-bond donors (Lipinski definition) is 1. The fraction of sp³-hybridized carbons (Fsp3) is 0.250. The van der Waals surface area contributed by atoms with Gasteiger partial charge in [-0.3, -0.25) is 0 Å². The Morgan fingerprint density at radius 3 is 2.64 bits per heavy atom. The smallest absolute Gasteiger partial charge is 0.138 e. The van der Waals surface area contributed by atoms with Crippen molar-refractivity contribution in [3.8, 4) is 0 Å². The maximum Gasteiger partial charge on any atom is 0.138 e. The van der Waals surface area contributed by atoms with Gasteiger partial charge in [0.15, 0.2) is 0 Å². The van der Waals surface area contributed by atoms with Crippen LogP contribution in [0.4, 0.5) is 0 Å². The second kappa shape index (κ2) is 8.83. The van der Waals surface area contributed by atoms with Gasteiger partial charge in [0.1, 0.15) is 11.3 Å². The van der Waals surface area contributed by atoms with Crippen LogP contribution in [0.1, 0.15) is 44.6 Å². The second-order valence-electron chi connectivity index (χ2n) is 4.67. The van der Waals surface area contributed by atoms with E-state index in [0.717, 1.165) is 39.9 Å². The fourth-order valence-electron chi connectivity index (χ4n) is 2.19. The SMILES string of the molecule is C=Cc1c(/C=C\C)oc2c(C/C=C(/C)C=N)cccc12.CC. The van der Waals surface area contributed by atoms with Gasteiger partial charge in [0.05, 0.1) is 0 Å². The molecular weight excluding hydrogens is 270 g/mol. The third kappa shape index (κ3) is 3.85. The molecule has 1 heterocycles. The first kappa shape index (κ1) is 17.7. The third-order valence-corrected chi connectivity index (χ3v) is 3.26. The van der Waals surface area contributed by atoms with Gasteiger partial charge in [0.2, 0.25) is 0 Å². The van der Waals surface area contributed by atoms with Gasteiger partial charge < -0.3 is 9.83 Å². The highest BCUT2D eigenvalue weighted by molar-refractivity contribution is 5.92. The highest BCUT2D eigenvalue weighted by Gasteiger charge is 2.12. The van der Waals surface area contributed by atoms with E-state index in [1.165, 1.54) is 6.21 Å². The van der Waals surface area contributed by atoms with E-state index in [4.69, 9.17) is 9.83 Å². The average molecular weight is 295 g/mol. The first-order chi connectivity index (χ1) is 10.7. The molecule has 0 amide bonds. The zero-order chi connectivity index (χ0) is 16.5. The summed E-state index contributed by atoms with van der Waals surface area (Å²) in [6.45, 7) is 11.8. The van der Waals surface area contributed by atoms with E-state index in [9.17, 15) is 0 Å². The number of rotatable bonds is 5. The summed E-state index contributed by atoms with van der Waals surface area (Å²) in [7, 11) is 0. The number of para-hydroxylation sites is 1. The Balaban J connectivity index is 0.00000116. The van der Waals surface area contributed by atoms with Crippen LogP contribution in [0.2, 0.25) is 0 Å². The molecule has 1 aromatic carbocycles. The van der Waals surface area contributed by atoms with Crippen LogP contribution in [0.3, 0.4) is 0 Å². The van der Waals surface area contributed by atoms with E-state index in [2.05, 4.69) is 18.7 Å². The highest BCUT2D eigenvalue weighted by atomic mass is 16.3. The minimum atomic E-state index is 0.762. The molecule has 1 aromatic heterocycles. The summed E-state index contributed by atoms with van der Waals surface area (Å²) in [5.74, 6) is 0.845. The van der Waals surface area contributed by atoms with Crippen molar-refractivity contribution in [1.29, 1.82) is 5.41 Å². The van der Waals surface area contributed by atoms with E-state index >= 15 is 0 Å². The summed E-state index contributed by atoms with van der Waals surface area (Å²) >= 11 is 0. The minimum Gasteiger partial charge on any atom is -0.456 e. The van der Waals surface area contributed by atoms with Crippen LogP contribution in [0.5, 0.6) is 0 Å². The van der Waals surface area contributed by atoms with Gasteiger partial charge >= 0.3 is 0 Å².